The number of benzene rings is 2. The van der Waals surface area contributed by atoms with Crippen molar-refractivity contribution < 1.29 is 4.21 Å². The fraction of sp³-hybridized carbons (Fsp3) is 0.208. The Morgan fingerprint density at radius 1 is 1.09 bits per heavy atom. The molecule has 5 rings (SSSR count). The molecule has 0 bridgehead atoms. The Balaban J connectivity index is 1.56. The summed E-state index contributed by atoms with van der Waals surface area (Å²) in [5, 5.41) is 4.91. The maximum atomic E-state index is 13.0. The number of aryl methyl sites for hydroxylation is 1. The SMILES string of the molecule is Cn1cc(-c2cccc(N3CCNCC3)c2)c2c(NS(=O)c3cccc(Cl)c3)ccnc21. The number of halogens is 1. The highest BCUT2D eigenvalue weighted by Crippen LogP contribution is 2.36. The Labute approximate surface area is 194 Å². The van der Waals surface area contributed by atoms with Gasteiger partial charge in [0.1, 0.15) is 16.6 Å². The summed E-state index contributed by atoms with van der Waals surface area (Å²) < 4.78 is 18.2. The van der Waals surface area contributed by atoms with Crippen LogP contribution in [0.2, 0.25) is 5.02 Å². The van der Waals surface area contributed by atoms with Crippen molar-refractivity contribution in [3.8, 4) is 11.1 Å². The van der Waals surface area contributed by atoms with Crippen molar-refractivity contribution in [2.24, 2.45) is 7.05 Å². The van der Waals surface area contributed by atoms with Gasteiger partial charge in [-0.05, 0) is 42.0 Å². The number of anilines is 2. The summed E-state index contributed by atoms with van der Waals surface area (Å²) in [7, 11) is 0.532. The molecule has 0 aliphatic carbocycles. The topological polar surface area (TPSA) is 62.2 Å². The zero-order valence-electron chi connectivity index (χ0n) is 17.7. The van der Waals surface area contributed by atoms with Gasteiger partial charge in [0.25, 0.3) is 0 Å². The largest absolute Gasteiger partial charge is 0.369 e. The summed E-state index contributed by atoms with van der Waals surface area (Å²) in [6, 6.07) is 17.6. The summed E-state index contributed by atoms with van der Waals surface area (Å²) in [4.78, 5) is 7.60. The van der Waals surface area contributed by atoms with Gasteiger partial charge in [0.05, 0.1) is 16.0 Å². The number of nitrogens with zero attached hydrogens (tertiary/aromatic N) is 3. The van der Waals surface area contributed by atoms with Crippen molar-refractivity contribution in [1.82, 2.24) is 14.9 Å². The smallest absolute Gasteiger partial charge is 0.150 e. The van der Waals surface area contributed by atoms with Gasteiger partial charge in [0.2, 0.25) is 0 Å². The van der Waals surface area contributed by atoms with E-state index in [0.717, 1.165) is 54.0 Å². The third-order valence-corrected chi connectivity index (χ3v) is 7.03. The van der Waals surface area contributed by atoms with Gasteiger partial charge in [0.15, 0.2) is 0 Å². The third-order valence-electron chi connectivity index (χ3n) is 5.71. The molecule has 1 saturated heterocycles. The van der Waals surface area contributed by atoms with E-state index in [4.69, 9.17) is 11.6 Å². The molecule has 1 aliphatic heterocycles. The summed E-state index contributed by atoms with van der Waals surface area (Å²) in [6.45, 7) is 3.97. The molecule has 32 heavy (non-hydrogen) atoms. The number of piperazine rings is 1. The minimum absolute atomic E-state index is 0.558. The van der Waals surface area contributed by atoms with E-state index in [-0.39, 0.29) is 0 Å². The molecule has 4 aromatic rings. The lowest BCUT2D eigenvalue weighted by Gasteiger charge is -2.29. The van der Waals surface area contributed by atoms with Crippen molar-refractivity contribution in [3.05, 3.63) is 72.0 Å². The molecule has 1 unspecified atom stereocenters. The van der Waals surface area contributed by atoms with Crippen LogP contribution < -0.4 is 14.9 Å². The Kier molecular flexibility index (Phi) is 5.87. The molecule has 1 fully saturated rings. The van der Waals surface area contributed by atoms with Crippen molar-refractivity contribution in [2.45, 2.75) is 4.90 Å². The molecule has 6 nitrogen and oxygen atoms in total. The van der Waals surface area contributed by atoms with Gasteiger partial charge in [-0.3, -0.25) is 0 Å². The van der Waals surface area contributed by atoms with Crippen molar-refractivity contribution in [1.29, 1.82) is 0 Å². The van der Waals surface area contributed by atoms with Gasteiger partial charge in [-0.15, -0.1) is 0 Å². The maximum absolute atomic E-state index is 13.0. The number of rotatable bonds is 5. The molecule has 2 aromatic carbocycles. The first-order valence-electron chi connectivity index (χ1n) is 10.5. The molecule has 0 radical (unpaired) electrons. The zero-order chi connectivity index (χ0) is 22.1. The normalized spacial score (nSPS) is 15.1. The van der Waals surface area contributed by atoms with Crippen molar-refractivity contribution in [2.75, 3.05) is 35.8 Å². The molecule has 0 saturated carbocycles. The Hall–Kier alpha value is -2.87. The highest BCUT2D eigenvalue weighted by Gasteiger charge is 2.17. The number of nitrogens with one attached hydrogen (secondary N) is 2. The molecule has 0 spiro atoms. The molecule has 164 valence electrons. The molecular weight excluding hydrogens is 442 g/mol. The van der Waals surface area contributed by atoms with E-state index in [1.165, 1.54) is 5.69 Å². The van der Waals surface area contributed by atoms with Crippen LogP contribution >= 0.6 is 11.6 Å². The fourth-order valence-corrected chi connectivity index (χ4v) is 5.32. The van der Waals surface area contributed by atoms with E-state index in [1.807, 2.05) is 17.7 Å². The highest BCUT2D eigenvalue weighted by atomic mass is 35.5. The van der Waals surface area contributed by atoms with E-state index < -0.39 is 11.0 Å². The van der Waals surface area contributed by atoms with E-state index in [9.17, 15) is 4.21 Å². The minimum atomic E-state index is -1.45. The summed E-state index contributed by atoms with van der Waals surface area (Å²) in [5.41, 5.74) is 4.98. The number of aromatic nitrogens is 2. The predicted octanol–water partition coefficient (Wildman–Crippen LogP) is 4.44. The number of hydrogen-bond donors (Lipinski definition) is 2. The van der Waals surface area contributed by atoms with Gasteiger partial charge in [-0.1, -0.05) is 29.8 Å². The lowest BCUT2D eigenvalue weighted by Crippen LogP contribution is -2.43. The van der Waals surface area contributed by atoms with Gasteiger partial charge in [0, 0.05) is 61.9 Å². The Morgan fingerprint density at radius 3 is 2.72 bits per heavy atom. The lowest BCUT2D eigenvalue weighted by atomic mass is 10.0. The second-order valence-electron chi connectivity index (χ2n) is 7.83. The van der Waals surface area contributed by atoms with E-state index in [2.05, 4.69) is 50.4 Å². The standard InChI is InChI=1S/C24H24ClN5OS/c1-29-16-21(17-4-2-6-19(14-17)30-12-10-26-11-13-30)23-22(8-9-27-24(23)29)28-32(31)20-7-3-5-18(25)15-20/h2-9,14-16,26H,10-13H2,1H3,(H,27,28). The first-order chi connectivity index (χ1) is 15.6. The minimum Gasteiger partial charge on any atom is -0.369 e. The zero-order valence-corrected chi connectivity index (χ0v) is 19.3. The van der Waals surface area contributed by atoms with Gasteiger partial charge in [-0.25, -0.2) is 9.19 Å². The number of hydrogen-bond acceptors (Lipinski definition) is 4. The summed E-state index contributed by atoms with van der Waals surface area (Å²) >= 11 is 6.09. The van der Waals surface area contributed by atoms with E-state index >= 15 is 0 Å². The van der Waals surface area contributed by atoms with Gasteiger partial charge >= 0.3 is 0 Å². The molecule has 2 N–H and O–H groups in total. The maximum Gasteiger partial charge on any atom is 0.150 e. The van der Waals surface area contributed by atoms with E-state index in [1.54, 1.807) is 30.5 Å². The van der Waals surface area contributed by atoms with Crippen LogP contribution in [0.3, 0.4) is 0 Å². The highest BCUT2D eigenvalue weighted by molar-refractivity contribution is 7.86. The van der Waals surface area contributed by atoms with Crippen LogP contribution in [0.25, 0.3) is 22.2 Å². The first-order valence-corrected chi connectivity index (χ1v) is 12.1. The second-order valence-corrected chi connectivity index (χ2v) is 9.48. The molecule has 8 heteroatoms. The fourth-order valence-electron chi connectivity index (χ4n) is 4.14. The van der Waals surface area contributed by atoms with Crippen LogP contribution in [0.5, 0.6) is 0 Å². The summed E-state index contributed by atoms with van der Waals surface area (Å²) in [5.74, 6) is 0. The molecule has 1 aliphatic rings. The molecule has 2 aromatic heterocycles. The van der Waals surface area contributed by atoms with Gasteiger partial charge < -0.3 is 19.5 Å². The molecular formula is C24H24ClN5OS. The van der Waals surface area contributed by atoms with Crippen LogP contribution in [-0.4, -0.2) is 39.9 Å². The van der Waals surface area contributed by atoms with Crippen molar-refractivity contribution >= 4 is 45.0 Å². The molecule has 0 amide bonds. The van der Waals surface area contributed by atoms with Crippen LogP contribution in [0, 0.1) is 0 Å². The first kappa shape index (κ1) is 21.0. The number of pyridine rings is 1. The quantitative estimate of drug-likeness (QED) is 0.457. The average molecular weight is 466 g/mol. The van der Waals surface area contributed by atoms with Crippen LogP contribution in [0.15, 0.2) is 71.9 Å². The Bertz CT molecular complexity index is 1300. The molecule has 3 heterocycles. The Morgan fingerprint density at radius 2 is 1.91 bits per heavy atom. The van der Waals surface area contributed by atoms with Gasteiger partial charge in [-0.2, -0.15) is 0 Å². The monoisotopic (exact) mass is 465 g/mol. The predicted molar refractivity (Wildman–Crippen MR) is 133 cm³/mol. The van der Waals surface area contributed by atoms with Crippen LogP contribution in [-0.2, 0) is 18.0 Å². The van der Waals surface area contributed by atoms with Crippen LogP contribution in [0.1, 0.15) is 0 Å². The lowest BCUT2D eigenvalue weighted by molar-refractivity contribution is 0.589. The molecule has 1 atom stereocenters. The summed E-state index contributed by atoms with van der Waals surface area (Å²) in [6.07, 6.45) is 3.82. The number of fused-ring (bicyclic) bond motifs is 1. The van der Waals surface area contributed by atoms with Crippen molar-refractivity contribution in [3.63, 3.8) is 0 Å². The third kappa shape index (κ3) is 4.11. The van der Waals surface area contributed by atoms with E-state index in [0.29, 0.717) is 9.92 Å². The average Bonchev–Trinajstić information content (AvgIpc) is 3.17. The van der Waals surface area contributed by atoms with Crippen LogP contribution in [0.4, 0.5) is 11.4 Å². The second kappa shape index (κ2) is 8.94.